The Hall–Kier alpha value is -1.99. The number of nitrogens with one attached hydrogen (secondary N) is 2. The fourth-order valence-corrected chi connectivity index (χ4v) is 3.27. The summed E-state index contributed by atoms with van der Waals surface area (Å²) in [6.45, 7) is 10.6. The lowest BCUT2D eigenvalue weighted by molar-refractivity contribution is -0.149. The van der Waals surface area contributed by atoms with Crippen LogP contribution in [-0.2, 0) is 14.3 Å². The highest BCUT2D eigenvalue weighted by atomic mass is 16.5. The average molecular weight is 385 g/mol. The number of hydrogen-bond donors (Lipinski definition) is 2. The first-order valence-corrected chi connectivity index (χ1v) is 9.96. The Morgan fingerprint density at radius 1 is 1.22 bits per heavy atom. The molecule has 0 aromatic heterocycles. The Morgan fingerprint density at radius 3 is 2.52 bits per heavy atom. The van der Waals surface area contributed by atoms with Crippen LogP contribution in [0.2, 0.25) is 0 Å². The number of nitrogens with zero attached hydrogens (tertiary/aromatic N) is 2. The van der Waals surface area contributed by atoms with E-state index in [9.17, 15) is 9.59 Å². The number of esters is 1. The van der Waals surface area contributed by atoms with Crippen LogP contribution in [0.15, 0.2) is 4.99 Å². The molecule has 0 spiro atoms. The molecule has 2 unspecified atom stereocenters. The molecule has 1 rings (SSSR count). The molecule has 0 aromatic carbocycles. The van der Waals surface area contributed by atoms with E-state index in [0.29, 0.717) is 32.2 Å². The van der Waals surface area contributed by atoms with Crippen LogP contribution in [0.25, 0.3) is 0 Å². The predicted octanol–water partition coefficient (Wildman–Crippen LogP) is 2.00. The Balaban J connectivity index is 2.63. The molecule has 0 saturated carbocycles. The summed E-state index contributed by atoms with van der Waals surface area (Å²) >= 11 is 0. The Bertz CT molecular complexity index is 496. The third-order valence-corrected chi connectivity index (χ3v) is 4.41. The summed E-state index contributed by atoms with van der Waals surface area (Å²) in [7, 11) is 1.73. The summed E-state index contributed by atoms with van der Waals surface area (Å²) in [6.07, 6.45) is 2.18. The van der Waals surface area contributed by atoms with E-state index in [1.54, 1.807) is 14.0 Å². The van der Waals surface area contributed by atoms with E-state index in [2.05, 4.69) is 34.4 Å². The number of guanidine groups is 1. The van der Waals surface area contributed by atoms with Crippen molar-refractivity contribution in [2.24, 2.45) is 16.8 Å². The Kier molecular flexibility index (Phi) is 10.6. The summed E-state index contributed by atoms with van der Waals surface area (Å²) in [6, 6.07) is -0.0635. The summed E-state index contributed by atoms with van der Waals surface area (Å²) in [5, 5.41) is 6.24. The number of aliphatic imine (C=N–C) groups is 1. The van der Waals surface area contributed by atoms with Gasteiger partial charge in [-0.2, -0.15) is 0 Å². The topological polar surface area (TPSA) is 92.3 Å². The van der Waals surface area contributed by atoms with E-state index in [4.69, 9.17) is 9.47 Å². The molecular formula is C19H36N4O4. The maximum atomic E-state index is 12.1. The molecule has 0 aliphatic carbocycles. The minimum absolute atomic E-state index is 0.0635. The fourth-order valence-electron chi connectivity index (χ4n) is 3.27. The van der Waals surface area contributed by atoms with Crippen LogP contribution >= 0.6 is 0 Å². The molecule has 1 aliphatic heterocycles. The smallest absolute Gasteiger partial charge is 0.407 e. The minimum Gasteiger partial charge on any atom is -0.466 e. The third kappa shape index (κ3) is 8.49. The van der Waals surface area contributed by atoms with Crippen LogP contribution in [0.1, 0.15) is 47.0 Å². The lowest BCUT2D eigenvalue weighted by Gasteiger charge is -2.34. The van der Waals surface area contributed by atoms with Crippen molar-refractivity contribution in [2.75, 3.05) is 39.9 Å². The van der Waals surface area contributed by atoms with Gasteiger partial charge in [-0.3, -0.25) is 9.79 Å². The molecule has 1 aliphatic rings. The summed E-state index contributed by atoms with van der Waals surface area (Å²) in [5.74, 6) is 0.910. The summed E-state index contributed by atoms with van der Waals surface area (Å²) in [5.41, 5.74) is 0. The van der Waals surface area contributed by atoms with E-state index in [1.807, 2.05) is 6.92 Å². The average Bonchev–Trinajstić information content (AvgIpc) is 2.62. The van der Waals surface area contributed by atoms with E-state index in [0.717, 1.165) is 31.8 Å². The van der Waals surface area contributed by atoms with Gasteiger partial charge in [-0.25, -0.2) is 4.79 Å². The molecule has 0 radical (unpaired) electrons. The molecule has 8 heteroatoms. The van der Waals surface area contributed by atoms with Crippen molar-refractivity contribution in [2.45, 2.75) is 53.0 Å². The first-order chi connectivity index (χ1) is 12.9. The number of carbonyl (C=O) groups excluding carboxylic acids is 2. The molecule has 2 atom stereocenters. The van der Waals surface area contributed by atoms with E-state index in [1.165, 1.54) is 0 Å². The molecule has 156 valence electrons. The normalized spacial score (nSPS) is 18.8. The van der Waals surface area contributed by atoms with E-state index >= 15 is 0 Å². The highest BCUT2D eigenvalue weighted by Gasteiger charge is 2.28. The van der Waals surface area contributed by atoms with Crippen LogP contribution in [0.4, 0.5) is 4.79 Å². The molecule has 27 heavy (non-hydrogen) atoms. The van der Waals surface area contributed by atoms with Gasteiger partial charge in [0.2, 0.25) is 0 Å². The van der Waals surface area contributed by atoms with Crippen LogP contribution in [0, 0.1) is 11.8 Å². The number of hydrogen-bond acceptors (Lipinski definition) is 5. The zero-order valence-corrected chi connectivity index (χ0v) is 17.4. The van der Waals surface area contributed by atoms with Gasteiger partial charge in [0.05, 0.1) is 19.1 Å². The van der Waals surface area contributed by atoms with E-state index < -0.39 is 6.09 Å². The maximum Gasteiger partial charge on any atom is 0.407 e. The molecule has 8 nitrogen and oxygen atoms in total. The SMILES string of the molecule is CCOC(=O)NC(CNC(=NC)N1CCCC(C(=O)OCC)C1)CC(C)C. The number of piperidine rings is 1. The summed E-state index contributed by atoms with van der Waals surface area (Å²) in [4.78, 5) is 30.3. The van der Waals surface area contributed by atoms with Crippen molar-refractivity contribution >= 4 is 18.0 Å². The van der Waals surface area contributed by atoms with Gasteiger partial charge < -0.3 is 25.0 Å². The van der Waals surface area contributed by atoms with Gasteiger partial charge in [0.25, 0.3) is 0 Å². The molecular weight excluding hydrogens is 348 g/mol. The van der Waals surface area contributed by atoms with Crippen molar-refractivity contribution in [1.29, 1.82) is 0 Å². The fraction of sp³-hybridized carbons (Fsp3) is 0.842. The van der Waals surface area contributed by atoms with Crippen LogP contribution in [0.5, 0.6) is 0 Å². The predicted molar refractivity (Wildman–Crippen MR) is 106 cm³/mol. The number of alkyl carbamates (subject to hydrolysis) is 1. The number of amides is 1. The van der Waals surface area contributed by atoms with Crippen molar-refractivity contribution < 1.29 is 19.1 Å². The van der Waals surface area contributed by atoms with Gasteiger partial charge >= 0.3 is 12.1 Å². The molecule has 1 amide bonds. The lowest BCUT2D eigenvalue weighted by Crippen LogP contribution is -2.52. The largest absolute Gasteiger partial charge is 0.466 e. The van der Waals surface area contributed by atoms with E-state index in [-0.39, 0.29) is 17.9 Å². The van der Waals surface area contributed by atoms with Crippen LogP contribution < -0.4 is 10.6 Å². The second-order valence-corrected chi connectivity index (χ2v) is 7.16. The lowest BCUT2D eigenvalue weighted by atomic mass is 9.98. The standard InChI is InChI=1S/C19H36N4O4/c1-6-26-17(24)15-9-8-10-23(13-15)18(20-5)21-12-16(11-14(3)4)22-19(25)27-7-2/h14-16H,6-13H2,1-5H3,(H,20,21)(H,22,25). The van der Waals surface area contributed by atoms with Crippen molar-refractivity contribution in [3.05, 3.63) is 0 Å². The van der Waals surface area contributed by atoms with Crippen molar-refractivity contribution in [1.82, 2.24) is 15.5 Å². The molecule has 2 N–H and O–H groups in total. The maximum absolute atomic E-state index is 12.1. The first kappa shape index (κ1) is 23.0. The number of carbonyl (C=O) groups is 2. The summed E-state index contributed by atoms with van der Waals surface area (Å²) < 4.78 is 10.2. The second kappa shape index (κ2) is 12.4. The van der Waals surface area contributed by atoms with Crippen LogP contribution in [-0.4, -0.2) is 68.9 Å². The Morgan fingerprint density at radius 2 is 1.93 bits per heavy atom. The monoisotopic (exact) mass is 384 g/mol. The molecule has 0 bridgehead atoms. The van der Waals surface area contributed by atoms with Gasteiger partial charge in [0.15, 0.2) is 5.96 Å². The second-order valence-electron chi connectivity index (χ2n) is 7.16. The number of likely N-dealkylation sites (tertiary alicyclic amines) is 1. The highest BCUT2D eigenvalue weighted by Crippen LogP contribution is 2.18. The van der Waals surface area contributed by atoms with Gasteiger partial charge in [-0.15, -0.1) is 0 Å². The zero-order valence-electron chi connectivity index (χ0n) is 17.4. The van der Waals surface area contributed by atoms with Crippen molar-refractivity contribution in [3.8, 4) is 0 Å². The van der Waals surface area contributed by atoms with Crippen molar-refractivity contribution in [3.63, 3.8) is 0 Å². The quantitative estimate of drug-likeness (QED) is 0.378. The van der Waals surface area contributed by atoms with Gasteiger partial charge in [-0.05, 0) is 39.0 Å². The Labute approximate surface area is 163 Å². The molecule has 1 fully saturated rings. The number of rotatable bonds is 8. The third-order valence-electron chi connectivity index (χ3n) is 4.41. The van der Waals surface area contributed by atoms with Gasteiger partial charge in [0, 0.05) is 32.7 Å². The van der Waals surface area contributed by atoms with Gasteiger partial charge in [-0.1, -0.05) is 13.8 Å². The first-order valence-electron chi connectivity index (χ1n) is 9.96. The highest BCUT2D eigenvalue weighted by molar-refractivity contribution is 5.81. The van der Waals surface area contributed by atoms with Gasteiger partial charge in [0.1, 0.15) is 0 Å². The molecule has 0 aromatic rings. The molecule has 1 saturated heterocycles. The number of ether oxygens (including phenoxy) is 2. The minimum atomic E-state index is -0.403. The zero-order chi connectivity index (χ0) is 20.2. The molecule has 1 heterocycles. The van der Waals surface area contributed by atoms with Crippen LogP contribution in [0.3, 0.4) is 0 Å².